The highest BCUT2D eigenvalue weighted by molar-refractivity contribution is 6.02. The van der Waals surface area contributed by atoms with Crippen molar-refractivity contribution in [2.45, 2.75) is 13.8 Å². The van der Waals surface area contributed by atoms with Crippen molar-refractivity contribution in [3.05, 3.63) is 35.0 Å². The van der Waals surface area contributed by atoms with Crippen LogP contribution in [0, 0.1) is 18.3 Å². The molecular formula is C14H12N2O3. The molecule has 0 amide bonds. The molecule has 1 aromatic carbocycles. The molecule has 5 heteroatoms. The molecule has 0 spiro atoms. The van der Waals surface area contributed by atoms with E-state index in [0.717, 1.165) is 5.69 Å². The first-order chi connectivity index (χ1) is 9.08. The second-order valence-electron chi connectivity index (χ2n) is 4.00. The maximum atomic E-state index is 11.7. The number of carbonyl (C=O) groups is 1. The minimum Gasteiger partial charge on any atom is -0.506 e. The lowest BCUT2D eigenvalue weighted by molar-refractivity contribution is 0.0523. The first kappa shape index (κ1) is 12.8. The minimum absolute atomic E-state index is 0.0171. The number of phenolic OH excluding ortho intramolecular Hbond substituents is 1. The number of aromatic hydroxyl groups is 1. The monoisotopic (exact) mass is 256 g/mol. The van der Waals surface area contributed by atoms with E-state index in [1.807, 2.05) is 6.07 Å². The Morgan fingerprint density at radius 2 is 2.26 bits per heavy atom. The van der Waals surface area contributed by atoms with Crippen LogP contribution in [0.5, 0.6) is 5.75 Å². The molecule has 19 heavy (non-hydrogen) atoms. The second-order valence-corrected chi connectivity index (χ2v) is 4.00. The van der Waals surface area contributed by atoms with Gasteiger partial charge in [-0.05, 0) is 32.0 Å². The molecule has 5 nitrogen and oxygen atoms in total. The van der Waals surface area contributed by atoms with E-state index in [0.29, 0.717) is 10.9 Å². The highest BCUT2D eigenvalue weighted by atomic mass is 16.5. The number of rotatable bonds is 2. The molecule has 0 saturated carbocycles. The van der Waals surface area contributed by atoms with Crippen molar-refractivity contribution in [2.75, 3.05) is 6.61 Å². The highest BCUT2D eigenvalue weighted by Crippen LogP contribution is 2.31. The summed E-state index contributed by atoms with van der Waals surface area (Å²) in [5.41, 5.74) is 1.33. The maximum Gasteiger partial charge on any atom is 0.341 e. The quantitative estimate of drug-likeness (QED) is 0.833. The second kappa shape index (κ2) is 4.94. The molecule has 1 aromatic heterocycles. The number of esters is 1. The first-order valence-corrected chi connectivity index (χ1v) is 5.79. The number of hydrogen-bond donors (Lipinski definition) is 1. The molecule has 2 aromatic rings. The molecule has 0 aliphatic heterocycles. The van der Waals surface area contributed by atoms with Gasteiger partial charge in [0.25, 0.3) is 0 Å². The molecule has 0 aliphatic rings. The van der Waals surface area contributed by atoms with Crippen LogP contribution in [0.25, 0.3) is 10.9 Å². The highest BCUT2D eigenvalue weighted by Gasteiger charge is 2.18. The summed E-state index contributed by atoms with van der Waals surface area (Å²) in [6, 6.07) is 6.63. The summed E-state index contributed by atoms with van der Waals surface area (Å²) < 4.78 is 4.85. The molecular weight excluding hydrogens is 244 g/mol. The van der Waals surface area contributed by atoms with Crippen LogP contribution in [-0.2, 0) is 4.74 Å². The Labute approximate surface area is 110 Å². The Morgan fingerprint density at radius 1 is 1.53 bits per heavy atom. The number of nitriles is 1. The number of fused-ring (bicyclic) bond motifs is 1. The van der Waals surface area contributed by atoms with Crippen molar-refractivity contribution in [3.8, 4) is 11.8 Å². The molecule has 96 valence electrons. The molecule has 0 fully saturated rings. The first-order valence-electron chi connectivity index (χ1n) is 5.79. The zero-order valence-electron chi connectivity index (χ0n) is 10.6. The summed E-state index contributed by atoms with van der Waals surface area (Å²) in [5.74, 6) is -0.862. The van der Waals surface area contributed by atoms with E-state index in [-0.39, 0.29) is 23.5 Å². The van der Waals surface area contributed by atoms with E-state index in [9.17, 15) is 9.90 Å². The average Bonchev–Trinajstić information content (AvgIpc) is 2.39. The summed E-state index contributed by atoms with van der Waals surface area (Å²) in [7, 11) is 0. The lowest BCUT2D eigenvalue weighted by atomic mass is 10.0. The number of ether oxygens (including phenoxy) is 1. The lowest BCUT2D eigenvalue weighted by Crippen LogP contribution is -2.06. The van der Waals surface area contributed by atoms with Gasteiger partial charge in [-0.15, -0.1) is 0 Å². The Kier molecular flexibility index (Phi) is 3.34. The van der Waals surface area contributed by atoms with Gasteiger partial charge < -0.3 is 9.84 Å². The van der Waals surface area contributed by atoms with Crippen LogP contribution in [0.1, 0.15) is 28.5 Å². The van der Waals surface area contributed by atoms with Gasteiger partial charge in [0, 0.05) is 11.1 Å². The Bertz CT molecular complexity index is 702. The van der Waals surface area contributed by atoms with Crippen molar-refractivity contribution >= 4 is 16.9 Å². The van der Waals surface area contributed by atoms with Crippen LogP contribution in [0.3, 0.4) is 0 Å². The SMILES string of the molecule is CCOC(=O)c1cc(C#N)c2nc(C)ccc2c1O. The zero-order valence-corrected chi connectivity index (χ0v) is 10.6. The number of pyridine rings is 1. The van der Waals surface area contributed by atoms with Crippen molar-refractivity contribution < 1.29 is 14.6 Å². The topological polar surface area (TPSA) is 83.2 Å². The van der Waals surface area contributed by atoms with Crippen LogP contribution in [0.15, 0.2) is 18.2 Å². The molecule has 0 radical (unpaired) electrons. The predicted octanol–water partition coefficient (Wildman–Crippen LogP) is 2.30. The summed E-state index contributed by atoms with van der Waals surface area (Å²) in [5, 5.41) is 19.6. The largest absolute Gasteiger partial charge is 0.506 e. The van der Waals surface area contributed by atoms with E-state index < -0.39 is 5.97 Å². The third-order valence-electron chi connectivity index (χ3n) is 2.70. The van der Waals surface area contributed by atoms with Gasteiger partial charge in [0.15, 0.2) is 0 Å². The van der Waals surface area contributed by atoms with Crippen LogP contribution >= 0.6 is 0 Å². The fourth-order valence-corrected chi connectivity index (χ4v) is 1.83. The predicted molar refractivity (Wildman–Crippen MR) is 68.8 cm³/mol. The van der Waals surface area contributed by atoms with Crippen molar-refractivity contribution in [1.29, 1.82) is 5.26 Å². The van der Waals surface area contributed by atoms with Crippen LogP contribution < -0.4 is 0 Å². The van der Waals surface area contributed by atoms with Crippen molar-refractivity contribution in [3.63, 3.8) is 0 Å². The Hall–Kier alpha value is -2.61. The standard InChI is InChI=1S/C14H12N2O3/c1-3-19-14(18)11-6-9(7-15)12-10(13(11)17)5-4-8(2)16-12/h4-6,17H,3H2,1-2H3. The van der Waals surface area contributed by atoms with E-state index in [1.165, 1.54) is 6.07 Å². The average molecular weight is 256 g/mol. The van der Waals surface area contributed by atoms with Gasteiger partial charge in [0.1, 0.15) is 17.4 Å². The summed E-state index contributed by atoms with van der Waals surface area (Å²) in [4.78, 5) is 16.0. The molecule has 0 unspecified atom stereocenters. The number of aryl methyl sites for hydroxylation is 1. The molecule has 1 N–H and O–H groups in total. The molecule has 0 aliphatic carbocycles. The number of nitrogens with zero attached hydrogens (tertiary/aromatic N) is 2. The Balaban J connectivity index is 2.76. The van der Waals surface area contributed by atoms with Gasteiger partial charge in [-0.3, -0.25) is 4.98 Å². The van der Waals surface area contributed by atoms with Crippen molar-refractivity contribution in [1.82, 2.24) is 4.98 Å². The van der Waals surface area contributed by atoms with E-state index >= 15 is 0 Å². The molecule has 2 rings (SSSR count). The van der Waals surface area contributed by atoms with Gasteiger partial charge in [-0.1, -0.05) is 0 Å². The summed E-state index contributed by atoms with van der Waals surface area (Å²) >= 11 is 0. The normalized spacial score (nSPS) is 10.2. The van der Waals surface area contributed by atoms with Gasteiger partial charge in [-0.25, -0.2) is 4.79 Å². The number of benzene rings is 1. The van der Waals surface area contributed by atoms with Gasteiger partial charge in [0.05, 0.1) is 17.7 Å². The van der Waals surface area contributed by atoms with E-state index in [4.69, 9.17) is 10.00 Å². The third-order valence-corrected chi connectivity index (χ3v) is 2.70. The summed E-state index contributed by atoms with van der Waals surface area (Å²) in [6.45, 7) is 3.66. The zero-order chi connectivity index (χ0) is 14.0. The van der Waals surface area contributed by atoms with Crippen LogP contribution in [0.4, 0.5) is 0 Å². The fourth-order valence-electron chi connectivity index (χ4n) is 1.83. The molecule has 0 bridgehead atoms. The molecule has 0 atom stereocenters. The van der Waals surface area contributed by atoms with Crippen LogP contribution in [0.2, 0.25) is 0 Å². The van der Waals surface area contributed by atoms with E-state index in [1.54, 1.807) is 26.0 Å². The number of carbonyl (C=O) groups excluding carboxylic acids is 1. The molecule has 1 heterocycles. The number of phenols is 1. The minimum atomic E-state index is -0.654. The fraction of sp³-hybridized carbons (Fsp3) is 0.214. The van der Waals surface area contributed by atoms with Gasteiger partial charge in [-0.2, -0.15) is 5.26 Å². The molecule has 0 saturated heterocycles. The number of hydrogen-bond acceptors (Lipinski definition) is 5. The van der Waals surface area contributed by atoms with Crippen LogP contribution in [-0.4, -0.2) is 22.7 Å². The smallest absolute Gasteiger partial charge is 0.341 e. The van der Waals surface area contributed by atoms with Gasteiger partial charge >= 0.3 is 5.97 Å². The Morgan fingerprint density at radius 3 is 2.89 bits per heavy atom. The third kappa shape index (κ3) is 2.20. The maximum absolute atomic E-state index is 11.7. The van der Waals surface area contributed by atoms with Crippen molar-refractivity contribution in [2.24, 2.45) is 0 Å². The van der Waals surface area contributed by atoms with E-state index in [2.05, 4.69) is 4.98 Å². The van der Waals surface area contributed by atoms with Gasteiger partial charge in [0.2, 0.25) is 0 Å². The lowest BCUT2D eigenvalue weighted by Gasteiger charge is -2.09. The summed E-state index contributed by atoms with van der Waals surface area (Å²) in [6.07, 6.45) is 0. The number of aromatic nitrogens is 1.